The molecule has 0 aliphatic heterocycles. The summed E-state index contributed by atoms with van der Waals surface area (Å²) in [5.41, 5.74) is 0. The topological polar surface area (TPSA) is 37.3 Å². The van der Waals surface area contributed by atoms with Gasteiger partial charge in [0.25, 0.3) is 0 Å². The van der Waals surface area contributed by atoms with E-state index in [0.29, 0.717) is 6.42 Å². The molecule has 0 unspecified atom stereocenters. The van der Waals surface area contributed by atoms with Gasteiger partial charge in [-0.3, -0.25) is 4.79 Å². The SMILES string of the molecule is CCCCC/C=C/C=C/C=C/CCCCCCCCC(=O)O. The summed E-state index contributed by atoms with van der Waals surface area (Å²) in [6, 6.07) is 0. The van der Waals surface area contributed by atoms with Gasteiger partial charge in [-0.25, -0.2) is 0 Å². The Morgan fingerprint density at radius 3 is 1.77 bits per heavy atom. The van der Waals surface area contributed by atoms with Crippen LogP contribution in [-0.2, 0) is 4.79 Å². The van der Waals surface area contributed by atoms with Crippen LogP contribution in [0.3, 0.4) is 0 Å². The Labute approximate surface area is 137 Å². The Hall–Kier alpha value is -1.31. The lowest BCUT2D eigenvalue weighted by Gasteiger charge is -1.99. The lowest BCUT2D eigenvalue weighted by atomic mass is 10.1. The zero-order valence-electron chi connectivity index (χ0n) is 14.3. The highest BCUT2D eigenvalue weighted by atomic mass is 16.4. The second-order valence-electron chi connectivity index (χ2n) is 5.79. The summed E-state index contributed by atoms with van der Waals surface area (Å²) in [4.78, 5) is 10.3. The number of rotatable bonds is 15. The normalized spacial score (nSPS) is 12.0. The van der Waals surface area contributed by atoms with Crippen LogP contribution in [0.5, 0.6) is 0 Å². The van der Waals surface area contributed by atoms with Crippen LogP contribution in [0.1, 0.15) is 84.0 Å². The first kappa shape index (κ1) is 20.7. The molecular formula is C20H34O2. The van der Waals surface area contributed by atoms with Crippen molar-refractivity contribution in [3.8, 4) is 0 Å². The van der Waals surface area contributed by atoms with Gasteiger partial charge in [-0.15, -0.1) is 0 Å². The van der Waals surface area contributed by atoms with Gasteiger partial charge >= 0.3 is 5.97 Å². The number of hydrogen-bond acceptors (Lipinski definition) is 1. The fourth-order valence-corrected chi connectivity index (χ4v) is 2.24. The predicted molar refractivity (Wildman–Crippen MR) is 96.1 cm³/mol. The van der Waals surface area contributed by atoms with Gasteiger partial charge in [0.1, 0.15) is 0 Å². The van der Waals surface area contributed by atoms with E-state index in [1.807, 2.05) is 0 Å². The van der Waals surface area contributed by atoms with Crippen molar-refractivity contribution in [3.63, 3.8) is 0 Å². The Morgan fingerprint density at radius 2 is 1.23 bits per heavy atom. The summed E-state index contributed by atoms with van der Waals surface area (Å²) in [5, 5.41) is 8.52. The molecule has 0 radical (unpaired) electrons. The van der Waals surface area contributed by atoms with Gasteiger partial charge in [0, 0.05) is 6.42 Å². The second kappa shape index (κ2) is 17.7. The summed E-state index contributed by atoms with van der Waals surface area (Å²) in [6.45, 7) is 2.23. The van der Waals surface area contributed by atoms with Crippen LogP contribution in [0.4, 0.5) is 0 Å². The molecule has 2 nitrogen and oxygen atoms in total. The lowest BCUT2D eigenvalue weighted by Crippen LogP contribution is -1.93. The molecule has 0 aromatic rings. The first-order chi connectivity index (χ1) is 10.8. The highest BCUT2D eigenvalue weighted by molar-refractivity contribution is 5.66. The summed E-state index contributed by atoms with van der Waals surface area (Å²) < 4.78 is 0. The Balaban J connectivity index is 3.28. The van der Waals surface area contributed by atoms with Gasteiger partial charge in [0.2, 0.25) is 0 Å². The van der Waals surface area contributed by atoms with E-state index in [2.05, 4.69) is 43.4 Å². The number of hydrogen-bond donors (Lipinski definition) is 1. The van der Waals surface area contributed by atoms with Crippen molar-refractivity contribution in [2.24, 2.45) is 0 Å². The van der Waals surface area contributed by atoms with Crippen molar-refractivity contribution >= 4 is 5.97 Å². The highest BCUT2D eigenvalue weighted by Gasteiger charge is 1.95. The molecular weight excluding hydrogens is 272 g/mol. The number of unbranched alkanes of at least 4 members (excludes halogenated alkanes) is 9. The number of allylic oxidation sites excluding steroid dienone is 6. The smallest absolute Gasteiger partial charge is 0.303 e. The fraction of sp³-hybridized carbons (Fsp3) is 0.650. The van der Waals surface area contributed by atoms with Crippen LogP contribution in [0, 0.1) is 0 Å². The number of carboxylic acids is 1. The standard InChI is InChI=1S/C20H34O2/c1-2-3-4-5-6-7-8-9-10-11-12-13-14-15-16-17-18-19-20(21)22/h6-11H,2-5,12-19H2,1H3,(H,21,22)/b7-6+,9-8+,11-10+. The third-order valence-corrected chi connectivity index (χ3v) is 3.59. The second-order valence-corrected chi connectivity index (χ2v) is 5.79. The molecule has 1 N–H and O–H groups in total. The maximum absolute atomic E-state index is 10.3. The molecule has 0 fully saturated rings. The quantitative estimate of drug-likeness (QED) is 0.279. The number of carbonyl (C=O) groups is 1. The van der Waals surface area contributed by atoms with E-state index in [1.54, 1.807) is 0 Å². The van der Waals surface area contributed by atoms with Crippen LogP contribution >= 0.6 is 0 Å². The van der Waals surface area contributed by atoms with Gasteiger partial charge in [-0.05, 0) is 32.1 Å². The fourth-order valence-electron chi connectivity index (χ4n) is 2.24. The van der Waals surface area contributed by atoms with Crippen LogP contribution < -0.4 is 0 Å². The molecule has 22 heavy (non-hydrogen) atoms. The van der Waals surface area contributed by atoms with E-state index in [1.165, 1.54) is 51.4 Å². The molecule has 0 heterocycles. The van der Waals surface area contributed by atoms with E-state index in [4.69, 9.17) is 5.11 Å². The van der Waals surface area contributed by atoms with E-state index in [0.717, 1.165) is 19.3 Å². The molecule has 0 aliphatic rings. The van der Waals surface area contributed by atoms with Gasteiger partial charge in [-0.1, -0.05) is 81.9 Å². The minimum Gasteiger partial charge on any atom is -0.481 e. The monoisotopic (exact) mass is 306 g/mol. The average molecular weight is 306 g/mol. The van der Waals surface area contributed by atoms with Crippen LogP contribution in [0.2, 0.25) is 0 Å². The first-order valence-electron chi connectivity index (χ1n) is 8.97. The third-order valence-electron chi connectivity index (χ3n) is 3.59. The van der Waals surface area contributed by atoms with Crippen molar-refractivity contribution in [2.75, 3.05) is 0 Å². The molecule has 0 atom stereocenters. The third kappa shape index (κ3) is 18.7. The summed E-state index contributed by atoms with van der Waals surface area (Å²) in [6.07, 6.45) is 26.2. The van der Waals surface area contributed by atoms with Crippen molar-refractivity contribution in [1.82, 2.24) is 0 Å². The van der Waals surface area contributed by atoms with Gasteiger partial charge in [0.15, 0.2) is 0 Å². The van der Waals surface area contributed by atoms with E-state index in [-0.39, 0.29) is 0 Å². The molecule has 0 aromatic heterocycles. The Kier molecular flexibility index (Phi) is 16.7. The van der Waals surface area contributed by atoms with E-state index in [9.17, 15) is 4.79 Å². The number of aliphatic carboxylic acids is 1. The van der Waals surface area contributed by atoms with Crippen molar-refractivity contribution in [1.29, 1.82) is 0 Å². The molecule has 0 spiro atoms. The Bertz CT molecular complexity index is 327. The predicted octanol–water partition coefficient (Wildman–Crippen LogP) is 6.44. The zero-order valence-corrected chi connectivity index (χ0v) is 14.3. The molecule has 0 bridgehead atoms. The van der Waals surface area contributed by atoms with Crippen molar-refractivity contribution in [3.05, 3.63) is 36.5 Å². The molecule has 0 aliphatic carbocycles. The van der Waals surface area contributed by atoms with E-state index >= 15 is 0 Å². The molecule has 0 amide bonds. The maximum atomic E-state index is 10.3. The molecule has 0 aromatic carbocycles. The first-order valence-corrected chi connectivity index (χ1v) is 8.97. The maximum Gasteiger partial charge on any atom is 0.303 e. The van der Waals surface area contributed by atoms with Gasteiger partial charge in [0.05, 0.1) is 0 Å². The molecule has 2 heteroatoms. The lowest BCUT2D eigenvalue weighted by molar-refractivity contribution is -0.137. The van der Waals surface area contributed by atoms with Crippen LogP contribution in [0.15, 0.2) is 36.5 Å². The molecule has 0 saturated carbocycles. The van der Waals surface area contributed by atoms with Crippen molar-refractivity contribution < 1.29 is 9.90 Å². The van der Waals surface area contributed by atoms with Gasteiger partial charge in [-0.2, -0.15) is 0 Å². The minimum absolute atomic E-state index is 0.322. The van der Waals surface area contributed by atoms with Crippen molar-refractivity contribution in [2.45, 2.75) is 84.0 Å². The van der Waals surface area contributed by atoms with E-state index < -0.39 is 5.97 Å². The van der Waals surface area contributed by atoms with Gasteiger partial charge < -0.3 is 5.11 Å². The average Bonchev–Trinajstić information content (AvgIpc) is 2.50. The zero-order chi connectivity index (χ0) is 16.3. The molecule has 0 saturated heterocycles. The van der Waals surface area contributed by atoms with Crippen LogP contribution in [0.25, 0.3) is 0 Å². The summed E-state index contributed by atoms with van der Waals surface area (Å²) in [5.74, 6) is -0.672. The largest absolute Gasteiger partial charge is 0.481 e. The summed E-state index contributed by atoms with van der Waals surface area (Å²) in [7, 11) is 0. The summed E-state index contributed by atoms with van der Waals surface area (Å²) >= 11 is 0. The highest BCUT2D eigenvalue weighted by Crippen LogP contribution is 2.08. The molecule has 126 valence electrons. The minimum atomic E-state index is -0.672. The molecule has 0 rings (SSSR count). The van der Waals surface area contributed by atoms with Crippen LogP contribution in [-0.4, -0.2) is 11.1 Å². The Morgan fingerprint density at radius 1 is 0.727 bits per heavy atom. The number of carboxylic acid groups (broad SMARTS) is 1.